The quantitative estimate of drug-likeness (QED) is 0.210. The molecule has 1 N–H and O–H groups in total. The van der Waals surface area contributed by atoms with Crippen LogP contribution in [0.15, 0.2) is 76.5 Å². The van der Waals surface area contributed by atoms with E-state index in [-0.39, 0.29) is 18.4 Å². The lowest BCUT2D eigenvalue weighted by Gasteiger charge is -2.15. The summed E-state index contributed by atoms with van der Waals surface area (Å²) >= 11 is 8.35. The normalized spacial score (nSPS) is 14.3. The summed E-state index contributed by atoms with van der Waals surface area (Å²) in [6, 6.07) is 20.5. The molecule has 1 heterocycles. The number of nitrogens with one attached hydrogen (secondary N) is 1. The second-order valence-corrected chi connectivity index (χ2v) is 10.4. The van der Waals surface area contributed by atoms with Crippen LogP contribution in [0.2, 0.25) is 0 Å². The Kier molecular flexibility index (Phi) is 8.35. The summed E-state index contributed by atoms with van der Waals surface area (Å²) in [5.74, 6) is 0.430. The Balaban J connectivity index is 1.45. The topological polar surface area (TPSA) is 67.9 Å². The van der Waals surface area contributed by atoms with Crippen LogP contribution in [0.4, 0.5) is 11.4 Å². The molecule has 1 fully saturated rings. The van der Waals surface area contributed by atoms with Crippen LogP contribution in [0.25, 0.3) is 6.08 Å². The zero-order valence-corrected chi connectivity index (χ0v) is 22.4. The molecule has 4 rings (SSSR count). The number of thiocarbonyl (C=S) groups is 1. The number of nitrogens with zero attached hydrogens (tertiary/aromatic N) is 1. The van der Waals surface area contributed by atoms with Gasteiger partial charge in [-0.15, -0.1) is 11.8 Å². The zero-order chi connectivity index (χ0) is 25.7. The van der Waals surface area contributed by atoms with Crippen LogP contribution in [0.5, 0.6) is 11.5 Å². The van der Waals surface area contributed by atoms with Gasteiger partial charge in [0.2, 0.25) is 0 Å². The van der Waals surface area contributed by atoms with E-state index in [1.54, 1.807) is 40.9 Å². The molecule has 1 aliphatic rings. The first-order valence-electron chi connectivity index (χ1n) is 11.0. The number of amides is 2. The van der Waals surface area contributed by atoms with Crippen LogP contribution in [0, 0.1) is 6.92 Å². The molecular weight excluding hydrogens is 513 g/mol. The molecule has 0 aliphatic carbocycles. The average Bonchev–Trinajstić information content (AvgIpc) is 3.16. The third-order valence-corrected chi connectivity index (χ3v) is 7.31. The molecule has 184 valence electrons. The van der Waals surface area contributed by atoms with Crippen molar-refractivity contribution in [1.29, 1.82) is 0 Å². The standard InChI is InChI=1S/C27H24N2O4S3/c1-17-7-10-19(11-8-17)28-25(30)16-33-22-12-9-18(13-23(22)32-2)14-24-26(31)29(27(34)36-24)20-5-4-6-21(15-20)35-3/h4-15H,16H2,1-3H3,(H,28,30)/b24-14+. The summed E-state index contributed by atoms with van der Waals surface area (Å²) in [5.41, 5.74) is 3.31. The van der Waals surface area contributed by atoms with Gasteiger partial charge in [-0.3, -0.25) is 14.5 Å². The van der Waals surface area contributed by atoms with Crippen LogP contribution in [-0.2, 0) is 9.59 Å². The van der Waals surface area contributed by atoms with Crippen molar-refractivity contribution < 1.29 is 19.1 Å². The molecule has 1 saturated heterocycles. The van der Waals surface area contributed by atoms with Crippen molar-refractivity contribution in [2.45, 2.75) is 11.8 Å². The Morgan fingerprint density at radius 3 is 2.61 bits per heavy atom. The van der Waals surface area contributed by atoms with Gasteiger partial charge in [0, 0.05) is 10.6 Å². The third kappa shape index (κ3) is 6.10. The summed E-state index contributed by atoms with van der Waals surface area (Å²) in [6.07, 6.45) is 3.76. The van der Waals surface area contributed by atoms with Crippen molar-refractivity contribution in [2.24, 2.45) is 0 Å². The number of benzene rings is 3. The van der Waals surface area contributed by atoms with Gasteiger partial charge in [-0.05, 0) is 67.3 Å². The summed E-state index contributed by atoms with van der Waals surface area (Å²) in [4.78, 5) is 28.5. The molecule has 9 heteroatoms. The largest absolute Gasteiger partial charge is 0.493 e. The molecule has 3 aromatic carbocycles. The molecule has 0 radical (unpaired) electrons. The van der Waals surface area contributed by atoms with Crippen molar-refractivity contribution in [3.8, 4) is 11.5 Å². The van der Waals surface area contributed by atoms with Crippen molar-refractivity contribution in [3.05, 3.63) is 82.8 Å². The predicted octanol–water partition coefficient (Wildman–Crippen LogP) is 6.15. The number of anilines is 2. The first-order chi connectivity index (χ1) is 17.4. The molecule has 6 nitrogen and oxygen atoms in total. The molecule has 3 aromatic rings. The van der Waals surface area contributed by atoms with Gasteiger partial charge < -0.3 is 14.8 Å². The Morgan fingerprint density at radius 2 is 1.89 bits per heavy atom. The number of rotatable bonds is 8. The molecule has 2 amide bonds. The van der Waals surface area contributed by atoms with Gasteiger partial charge >= 0.3 is 0 Å². The molecule has 0 spiro atoms. The van der Waals surface area contributed by atoms with Crippen molar-refractivity contribution in [3.63, 3.8) is 0 Å². The summed E-state index contributed by atoms with van der Waals surface area (Å²) in [7, 11) is 1.52. The maximum atomic E-state index is 13.1. The monoisotopic (exact) mass is 536 g/mol. The Labute approximate surface area is 224 Å². The van der Waals surface area contributed by atoms with Crippen molar-refractivity contribution in [2.75, 3.05) is 30.2 Å². The van der Waals surface area contributed by atoms with Gasteiger partial charge in [-0.25, -0.2) is 0 Å². The van der Waals surface area contributed by atoms with E-state index in [1.807, 2.05) is 61.7 Å². The number of thioether (sulfide) groups is 2. The van der Waals surface area contributed by atoms with E-state index in [2.05, 4.69) is 5.32 Å². The maximum Gasteiger partial charge on any atom is 0.270 e. The number of carbonyl (C=O) groups excluding carboxylic acids is 2. The van der Waals surface area contributed by atoms with E-state index in [4.69, 9.17) is 21.7 Å². The van der Waals surface area contributed by atoms with E-state index < -0.39 is 0 Å². The van der Waals surface area contributed by atoms with E-state index >= 15 is 0 Å². The molecule has 0 saturated carbocycles. The Bertz CT molecular complexity index is 1340. The first-order valence-corrected chi connectivity index (χ1v) is 13.4. The molecule has 0 unspecified atom stereocenters. The molecule has 0 bridgehead atoms. The fraction of sp³-hybridized carbons (Fsp3) is 0.148. The Morgan fingerprint density at radius 1 is 1.11 bits per heavy atom. The highest BCUT2D eigenvalue weighted by Gasteiger charge is 2.33. The lowest BCUT2D eigenvalue weighted by Crippen LogP contribution is -2.27. The Hall–Kier alpha value is -3.27. The van der Waals surface area contributed by atoms with Gasteiger partial charge in [-0.2, -0.15) is 0 Å². The third-order valence-electron chi connectivity index (χ3n) is 5.28. The molecule has 0 atom stereocenters. The van der Waals surface area contributed by atoms with E-state index in [1.165, 1.54) is 18.9 Å². The van der Waals surface area contributed by atoms with Crippen LogP contribution in [0.1, 0.15) is 11.1 Å². The van der Waals surface area contributed by atoms with Gasteiger partial charge in [0.05, 0.1) is 17.7 Å². The maximum absolute atomic E-state index is 13.1. The number of aryl methyl sites for hydroxylation is 1. The van der Waals surface area contributed by atoms with Gasteiger partial charge in [0.1, 0.15) is 0 Å². The van der Waals surface area contributed by atoms with Gasteiger partial charge in [0.15, 0.2) is 22.4 Å². The highest BCUT2D eigenvalue weighted by molar-refractivity contribution is 8.27. The molecule has 0 aromatic heterocycles. The van der Waals surface area contributed by atoms with E-state index in [9.17, 15) is 9.59 Å². The summed E-state index contributed by atoms with van der Waals surface area (Å²) < 4.78 is 11.6. The van der Waals surface area contributed by atoms with E-state index in [0.29, 0.717) is 26.4 Å². The number of hydrogen-bond acceptors (Lipinski definition) is 7. The van der Waals surface area contributed by atoms with Crippen LogP contribution < -0.4 is 19.7 Å². The number of methoxy groups -OCH3 is 1. The van der Waals surface area contributed by atoms with Crippen LogP contribution >= 0.6 is 35.7 Å². The zero-order valence-electron chi connectivity index (χ0n) is 19.9. The molecule has 36 heavy (non-hydrogen) atoms. The minimum absolute atomic E-state index is 0.169. The number of ether oxygens (including phenoxy) is 2. The molecule has 1 aliphatic heterocycles. The van der Waals surface area contributed by atoms with Gasteiger partial charge in [-0.1, -0.05) is 53.8 Å². The predicted molar refractivity (Wildman–Crippen MR) is 152 cm³/mol. The fourth-order valence-electron chi connectivity index (χ4n) is 3.46. The summed E-state index contributed by atoms with van der Waals surface area (Å²) in [6.45, 7) is 1.81. The van der Waals surface area contributed by atoms with Crippen LogP contribution in [-0.4, -0.2) is 36.1 Å². The van der Waals surface area contributed by atoms with Gasteiger partial charge in [0.25, 0.3) is 11.8 Å². The minimum atomic E-state index is -0.279. The van der Waals surface area contributed by atoms with Crippen molar-refractivity contribution in [1.82, 2.24) is 0 Å². The minimum Gasteiger partial charge on any atom is -0.493 e. The number of hydrogen-bond donors (Lipinski definition) is 1. The SMILES string of the molecule is COc1cc(/C=C2/SC(=S)N(c3cccc(SC)c3)C2=O)ccc1OCC(=O)Nc1ccc(C)cc1. The second-order valence-electron chi connectivity index (χ2n) is 7.83. The average molecular weight is 537 g/mol. The van der Waals surface area contributed by atoms with E-state index in [0.717, 1.165) is 21.7 Å². The molecular formula is C27H24N2O4S3. The highest BCUT2D eigenvalue weighted by atomic mass is 32.2. The second kappa shape index (κ2) is 11.6. The smallest absolute Gasteiger partial charge is 0.270 e. The first kappa shape index (κ1) is 25.8. The van der Waals surface area contributed by atoms with Crippen LogP contribution in [0.3, 0.4) is 0 Å². The summed E-state index contributed by atoms with van der Waals surface area (Å²) in [5, 5.41) is 2.80. The lowest BCUT2D eigenvalue weighted by molar-refractivity contribution is -0.118. The highest BCUT2D eigenvalue weighted by Crippen LogP contribution is 2.38. The fourth-order valence-corrected chi connectivity index (χ4v) is 5.21. The van der Waals surface area contributed by atoms with Crippen molar-refractivity contribution >= 4 is 69.3 Å². The lowest BCUT2D eigenvalue weighted by atomic mass is 10.2. The number of carbonyl (C=O) groups is 2.